The van der Waals surface area contributed by atoms with E-state index in [0.717, 1.165) is 51.0 Å². The van der Waals surface area contributed by atoms with Crippen LogP contribution in [0, 0.1) is 5.92 Å². The third-order valence-corrected chi connectivity index (χ3v) is 6.57. The van der Waals surface area contributed by atoms with Gasteiger partial charge in [-0.25, -0.2) is 0 Å². The summed E-state index contributed by atoms with van der Waals surface area (Å²) in [6.07, 6.45) is 9.89. The van der Waals surface area contributed by atoms with Crippen molar-refractivity contribution in [2.75, 3.05) is 44.8 Å². The van der Waals surface area contributed by atoms with Gasteiger partial charge < -0.3 is 19.3 Å². The van der Waals surface area contributed by atoms with E-state index < -0.39 is 0 Å². The number of likely N-dealkylation sites (tertiary alicyclic amines) is 1. The molecule has 1 unspecified atom stereocenters. The lowest BCUT2D eigenvalue weighted by Crippen LogP contribution is -2.34. The predicted octanol–water partition coefficient (Wildman–Crippen LogP) is 4.38. The van der Waals surface area contributed by atoms with E-state index in [0.29, 0.717) is 6.04 Å². The van der Waals surface area contributed by atoms with Crippen LogP contribution in [0.5, 0.6) is 5.75 Å². The van der Waals surface area contributed by atoms with Gasteiger partial charge in [-0.15, -0.1) is 0 Å². The molecule has 5 heteroatoms. The molecule has 2 saturated heterocycles. The molecule has 0 spiro atoms. The van der Waals surface area contributed by atoms with Gasteiger partial charge in [-0.05, 0) is 57.2 Å². The first kappa shape index (κ1) is 21.1. The van der Waals surface area contributed by atoms with Gasteiger partial charge in [0.2, 0.25) is 0 Å². The third-order valence-electron chi connectivity index (χ3n) is 6.57. The second kappa shape index (κ2) is 10.8. The number of hydrogen-bond acceptors (Lipinski definition) is 5. The van der Waals surface area contributed by atoms with Crippen molar-refractivity contribution >= 4 is 5.69 Å². The van der Waals surface area contributed by atoms with Gasteiger partial charge in [0.1, 0.15) is 12.4 Å². The van der Waals surface area contributed by atoms with E-state index in [1.165, 1.54) is 43.5 Å². The van der Waals surface area contributed by atoms with Crippen molar-refractivity contribution in [2.24, 2.45) is 5.92 Å². The Bertz CT molecular complexity index is 762. The normalized spacial score (nSPS) is 20.6. The Morgan fingerprint density at radius 2 is 1.87 bits per heavy atom. The van der Waals surface area contributed by atoms with Crippen molar-refractivity contribution in [3.8, 4) is 5.75 Å². The van der Waals surface area contributed by atoms with Crippen LogP contribution in [0.1, 0.15) is 37.7 Å². The molecule has 2 fully saturated rings. The number of benzene rings is 1. The molecule has 1 aromatic heterocycles. The lowest BCUT2D eigenvalue weighted by Gasteiger charge is -2.33. The summed E-state index contributed by atoms with van der Waals surface area (Å²) in [5.74, 6) is 1.64. The van der Waals surface area contributed by atoms with Crippen molar-refractivity contribution in [2.45, 2.75) is 44.8 Å². The SMILES string of the molecule is CN1CCCC1COc1cncc(N2CCC(CCOCc3ccccc3)CC2)c1. The lowest BCUT2D eigenvalue weighted by atomic mass is 9.94. The first-order valence-corrected chi connectivity index (χ1v) is 11.4. The summed E-state index contributed by atoms with van der Waals surface area (Å²) in [5, 5.41) is 0. The fourth-order valence-corrected chi connectivity index (χ4v) is 4.54. The molecule has 0 bridgehead atoms. The highest BCUT2D eigenvalue weighted by Crippen LogP contribution is 2.27. The Morgan fingerprint density at radius 1 is 1.03 bits per heavy atom. The molecule has 0 saturated carbocycles. The van der Waals surface area contributed by atoms with E-state index in [-0.39, 0.29) is 0 Å². The van der Waals surface area contributed by atoms with Gasteiger partial charge in [-0.2, -0.15) is 0 Å². The summed E-state index contributed by atoms with van der Waals surface area (Å²) >= 11 is 0. The number of rotatable bonds is 9. The highest BCUT2D eigenvalue weighted by molar-refractivity contribution is 5.48. The summed E-state index contributed by atoms with van der Waals surface area (Å²) in [7, 11) is 2.19. The van der Waals surface area contributed by atoms with Gasteiger partial charge in [-0.1, -0.05) is 30.3 Å². The summed E-state index contributed by atoms with van der Waals surface area (Å²) in [4.78, 5) is 9.27. The zero-order valence-corrected chi connectivity index (χ0v) is 18.2. The van der Waals surface area contributed by atoms with Crippen LogP contribution in [0.4, 0.5) is 5.69 Å². The van der Waals surface area contributed by atoms with Crippen molar-refractivity contribution in [3.63, 3.8) is 0 Å². The van der Waals surface area contributed by atoms with E-state index in [1.54, 1.807) is 0 Å². The average molecular weight is 410 g/mol. The minimum atomic E-state index is 0.536. The molecule has 4 rings (SSSR count). The molecular formula is C25H35N3O2. The van der Waals surface area contributed by atoms with Gasteiger partial charge in [0.15, 0.2) is 0 Å². The molecule has 162 valence electrons. The number of likely N-dealkylation sites (N-methyl/N-ethyl adjacent to an activating group) is 1. The topological polar surface area (TPSA) is 37.8 Å². The van der Waals surface area contributed by atoms with Crippen LogP contribution < -0.4 is 9.64 Å². The maximum absolute atomic E-state index is 6.07. The van der Waals surface area contributed by atoms with Gasteiger partial charge in [0.25, 0.3) is 0 Å². The summed E-state index contributed by atoms with van der Waals surface area (Å²) in [6.45, 7) is 5.67. The van der Waals surface area contributed by atoms with Gasteiger partial charge in [0, 0.05) is 31.8 Å². The van der Waals surface area contributed by atoms with Gasteiger partial charge in [0.05, 0.1) is 24.7 Å². The summed E-state index contributed by atoms with van der Waals surface area (Å²) in [6, 6.07) is 13.1. The van der Waals surface area contributed by atoms with Crippen LogP contribution in [0.25, 0.3) is 0 Å². The minimum absolute atomic E-state index is 0.536. The number of anilines is 1. The molecule has 2 aliphatic rings. The van der Waals surface area contributed by atoms with Crippen molar-refractivity contribution < 1.29 is 9.47 Å². The number of piperidine rings is 1. The first-order valence-electron chi connectivity index (χ1n) is 11.4. The second-order valence-electron chi connectivity index (χ2n) is 8.72. The minimum Gasteiger partial charge on any atom is -0.490 e. The van der Waals surface area contributed by atoms with Crippen molar-refractivity contribution in [1.82, 2.24) is 9.88 Å². The highest BCUT2D eigenvalue weighted by atomic mass is 16.5. The quantitative estimate of drug-likeness (QED) is 0.575. The predicted molar refractivity (Wildman–Crippen MR) is 121 cm³/mol. The van der Waals surface area contributed by atoms with E-state index in [1.807, 2.05) is 18.5 Å². The Balaban J connectivity index is 1.17. The fraction of sp³-hybridized carbons (Fsp3) is 0.560. The van der Waals surface area contributed by atoms with Crippen LogP contribution in [0.2, 0.25) is 0 Å². The Hall–Kier alpha value is -2.11. The standard InChI is InChI=1S/C25H35N3O2/c1-27-12-5-8-23(27)20-30-25-16-24(17-26-18-25)28-13-9-21(10-14-28)11-15-29-19-22-6-3-2-4-7-22/h2-4,6-7,16-18,21,23H,5,8-15,19-20H2,1H3. The molecule has 0 amide bonds. The molecule has 0 aliphatic carbocycles. The molecule has 1 aromatic carbocycles. The molecule has 2 aliphatic heterocycles. The van der Waals surface area contributed by atoms with Crippen LogP contribution in [0.15, 0.2) is 48.8 Å². The molecule has 30 heavy (non-hydrogen) atoms. The number of nitrogens with zero attached hydrogens (tertiary/aromatic N) is 3. The van der Waals surface area contributed by atoms with Gasteiger partial charge >= 0.3 is 0 Å². The molecule has 0 N–H and O–H groups in total. The maximum Gasteiger partial charge on any atom is 0.139 e. The molecule has 5 nitrogen and oxygen atoms in total. The third kappa shape index (κ3) is 5.96. The molecule has 0 radical (unpaired) electrons. The van der Waals surface area contributed by atoms with Crippen molar-refractivity contribution in [3.05, 3.63) is 54.4 Å². The van der Waals surface area contributed by atoms with Crippen LogP contribution in [0.3, 0.4) is 0 Å². The van der Waals surface area contributed by atoms with E-state index in [4.69, 9.17) is 9.47 Å². The smallest absolute Gasteiger partial charge is 0.139 e. The van der Waals surface area contributed by atoms with E-state index >= 15 is 0 Å². The second-order valence-corrected chi connectivity index (χ2v) is 8.72. The molecule has 2 aromatic rings. The number of pyridine rings is 1. The van der Waals surface area contributed by atoms with Crippen LogP contribution >= 0.6 is 0 Å². The zero-order chi connectivity index (χ0) is 20.6. The number of aromatic nitrogens is 1. The Labute approximate surface area is 181 Å². The Kier molecular flexibility index (Phi) is 7.59. The first-order chi connectivity index (χ1) is 14.8. The molecule has 3 heterocycles. The van der Waals surface area contributed by atoms with Crippen LogP contribution in [-0.2, 0) is 11.3 Å². The van der Waals surface area contributed by atoms with Gasteiger partial charge in [-0.3, -0.25) is 4.98 Å². The van der Waals surface area contributed by atoms with Crippen molar-refractivity contribution in [1.29, 1.82) is 0 Å². The number of hydrogen-bond donors (Lipinski definition) is 0. The van der Waals surface area contributed by atoms with E-state index in [2.05, 4.69) is 52.2 Å². The zero-order valence-electron chi connectivity index (χ0n) is 18.2. The van der Waals surface area contributed by atoms with E-state index in [9.17, 15) is 0 Å². The Morgan fingerprint density at radius 3 is 2.63 bits per heavy atom. The summed E-state index contributed by atoms with van der Waals surface area (Å²) in [5.41, 5.74) is 2.44. The summed E-state index contributed by atoms with van der Waals surface area (Å²) < 4.78 is 12.0. The lowest BCUT2D eigenvalue weighted by molar-refractivity contribution is 0.104. The maximum atomic E-state index is 6.07. The fourth-order valence-electron chi connectivity index (χ4n) is 4.54. The average Bonchev–Trinajstić information content (AvgIpc) is 3.21. The largest absolute Gasteiger partial charge is 0.490 e. The van der Waals surface area contributed by atoms with Crippen LogP contribution in [-0.4, -0.2) is 55.8 Å². The highest BCUT2D eigenvalue weighted by Gasteiger charge is 2.22. The monoisotopic (exact) mass is 409 g/mol. The number of ether oxygens (including phenoxy) is 2. The molecule has 1 atom stereocenters. The molecular weight excluding hydrogens is 374 g/mol.